The van der Waals surface area contributed by atoms with Crippen LogP contribution in [0.25, 0.3) is 0 Å². The van der Waals surface area contributed by atoms with E-state index in [9.17, 15) is 4.79 Å². The third kappa shape index (κ3) is 2.85. The zero-order valence-electron chi connectivity index (χ0n) is 10.3. The summed E-state index contributed by atoms with van der Waals surface area (Å²) < 4.78 is 0. The summed E-state index contributed by atoms with van der Waals surface area (Å²) in [6, 6.07) is 10.8. The molecule has 3 nitrogen and oxygen atoms in total. The average molecular weight is 267 g/mol. The monoisotopic (exact) mass is 266 g/mol. The summed E-state index contributed by atoms with van der Waals surface area (Å²) in [4.78, 5) is 11.9. The lowest BCUT2D eigenvalue weighted by molar-refractivity contribution is -0.122. The Balaban J connectivity index is 0.00000120. The first kappa shape index (κ1) is 13.4. The van der Waals surface area contributed by atoms with Gasteiger partial charge in [0, 0.05) is 12.0 Å². The normalized spacial score (nSPS) is 29.4. The van der Waals surface area contributed by atoms with Crippen molar-refractivity contribution >= 4 is 18.3 Å². The highest BCUT2D eigenvalue weighted by Crippen LogP contribution is 2.40. The zero-order valence-corrected chi connectivity index (χ0v) is 11.1. The van der Waals surface area contributed by atoms with Crippen molar-refractivity contribution in [3.8, 4) is 0 Å². The van der Waals surface area contributed by atoms with Gasteiger partial charge in [0.25, 0.3) is 0 Å². The van der Waals surface area contributed by atoms with E-state index >= 15 is 0 Å². The Morgan fingerprint density at radius 3 is 2.72 bits per heavy atom. The summed E-state index contributed by atoms with van der Waals surface area (Å²) in [5.41, 5.74) is 1.34. The number of hydrogen-bond acceptors (Lipinski definition) is 2. The van der Waals surface area contributed by atoms with Gasteiger partial charge in [0.2, 0.25) is 5.91 Å². The van der Waals surface area contributed by atoms with Crippen molar-refractivity contribution in [2.45, 2.75) is 37.3 Å². The van der Waals surface area contributed by atoms with Crippen molar-refractivity contribution in [1.82, 2.24) is 10.6 Å². The van der Waals surface area contributed by atoms with Crippen LogP contribution in [0.15, 0.2) is 30.3 Å². The SMILES string of the molecule is Cl.O=C(NC1CC1c1ccccc1)[C@@H]1CCCN1. The molecule has 1 aromatic rings. The second-order valence-electron chi connectivity index (χ2n) is 5.02. The van der Waals surface area contributed by atoms with E-state index in [2.05, 4.69) is 34.9 Å². The number of rotatable bonds is 3. The van der Waals surface area contributed by atoms with Crippen LogP contribution in [0.2, 0.25) is 0 Å². The standard InChI is InChI=1S/C14H18N2O.ClH/c17-14(12-7-4-8-15-12)16-13-9-11(13)10-5-2-1-3-6-10;/h1-3,5-6,11-13,15H,4,7-9H2,(H,16,17);1H/t11?,12-,13?;/m0./s1. The number of nitrogens with one attached hydrogen (secondary N) is 2. The fourth-order valence-electron chi connectivity index (χ4n) is 2.61. The Labute approximate surface area is 114 Å². The van der Waals surface area contributed by atoms with Crippen LogP contribution in [-0.4, -0.2) is 24.5 Å². The molecule has 1 amide bonds. The molecule has 0 aromatic heterocycles. The Hall–Kier alpha value is -1.06. The van der Waals surface area contributed by atoms with Gasteiger partial charge in [-0.25, -0.2) is 0 Å². The topological polar surface area (TPSA) is 41.1 Å². The van der Waals surface area contributed by atoms with E-state index in [1.165, 1.54) is 5.56 Å². The van der Waals surface area contributed by atoms with E-state index in [0.29, 0.717) is 12.0 Å². The lowest BCUT2D eigenvalue weighted by Crippen LogP contribution is -2.41. The molecule has 98 valence electrons. The highest BCUT2D eigenvalue weighted by molar-refractivity contribution is 5.85. The molecule has 0 spiro atoms. The molecule has 0 radical (unpaired) electrons. The smallest absolute Gasteiger partial charge is 0.237 e. The highest BCUT2D eigenvalue weighted by atomic mass is 35.5. The fraction of sp³-hybridized carbons (Fsp3) is 0.500. The first-order chi connectivity index (χ1) is 8.34. The minimum absolute atomic E-state index is 0. The van der Waals surface area contributed by atoms with Crippen LogP contribution in [0.5, 0.6) is 0 Å². The third-order valence-corrected chi connectivity index (χ3v) is 3.72. The van der Waals surface area contributed by atoms with Crippen molar-refractivity contribution in [3.05, 3.63) is 35.9 Å². The van der Waals surface area contributed by atoms with E-state index < -0.39 is 0 Å². The Morgan fingerprint density at radius 1 is 1.28 bits per heavy atom. The van der Waals surface area contributed by atoms with Gasteiger partial charge in [-0.1, -0.05) is 30.3 Å². The average Bonchev–Trinajstić information content (AvgIpc) is 2.92. The van der Waals surface area contributed by atoms with Crippen LogP contribution in [0, 0.1) is 0 Å². The molecule has 2 N–H and O–H groups in total. The lowest BCUT2D eigenvalue weighted by atomic mass is 10.1. The Morgan fingerprint density at radius 2 is 2.06 bits per heavy atom. The maximum absolute atomic E-state index is 11.9. The van der Waals surface area contributed by atoms with E-state index in [0.717, 1.165) is 25.8 Å². The molecule has 2 fully saturated rings. The van der Waals surface area contributed by atoms with Gasteiger partial charge >= 0.3 is 0 Å². The molecule has 3 rings (SSSR count). The van der Waals surface area contributed by atoms with Crippen LogP contribution in [0.3, 0.4) is 0 Å². The molecule has 2 unspecified atom stereocenters. The van der Waals surface area contributed by atoms with Crippen molar-refractivity contribution in [2.24, 2.45) is 0 Å². The predicted molar refractivity (Wildman–Crippen MR) is 74.0 cm³/mol. The predicted octanol–water partition coefficient (Wildman–Crippen LogP) is 1.83. The second kappa shape index (κ2) is 5.72. The summed E-state index contributed by atoms with van der Waals surface area (Å²) in [5.74, 6) is 0.715. The number of benzene rings is 1. The summed E-state index contributed by atoms with van der Waals surface area (Å²) >= 11 is 0. The molecule has 1 saturated carbocycles. The summed E-state index contributed by atoms with van der Waals surface area (Å²) in [5, 5.41) is 6.37. The van der Waals surface area contributed by atoms with Crippen molar-refractivity contribution < 1.29 is 4.79 Å². The van der Waals surface area contributed by atoms with Crippen LogP contribution in [0.1, 0.15) is 30.7 Å². The molecule has 4 heteroatoms. The quantitative estimate of drug-likeness (QED) is 0.877. The Kier molecular flexibility index (Phi) is 4.25. The number of carbonyl (C=O) groups is 1. The minimum Gasteiger partial charge on any atom is -0.351 e. The molecule has 3 atom stereocenters. The van der Waals surface area contributed by atoms with Gasteiger partial charge < -0.3 is 10.6 Å². The van der Waals surface area contributed by atoms with Gasteiger partial charge in [0.15, 0.2) is 0 Å². The van der Waals surface area contributed by atoms with Gasteiger partial charge in [-0.05, 0) is 31.4 Å². The van der Waals surface area contributed by atoms with Gasteiger partial charge in [0.1, 0.15) is 0 Å². The molecular weight excluding hydrogens is 248 g/mol. The largest absolute Gasteiger partial charge is 0.351 e. The van der Waals surface area contributed by atoms with Crippen molar-refractivity contribution in [1.29, 1.82) is 0 Å². The molecule has 0 bridgehead atoms. The number of carbonyl (C=O) groups excluding carboxylic acids is 1. The van der Waals surface area contributed by atoms with Crippen LogP contribution in [-0.2, 0) is 4.79 Å². The van der Waals surface area contributed by atoms with E-state index in [1.807, 2.05) is 6.07 Å². The maximum atomic E-state index is 11.9. The van der Waals surface area contributed by atoms with E-state index in [1.54, 1.807) is 0 Å². The molecule has 2 aliphatic rings. The summed E-state index contributed by atoms with van der Waals surface area (Å²) in [7, 11) is 0. The molecule has 18 heavy (non-hydrogen) atoms. The van der Waals surface area contributed by atoms with Crippen LogP contribution >= 0.6 is 12.4 Å². The summed E-state index contributed by atoms with van der Waals surface area (Å²) in [6.45, 7) is 0.977. The van der Waals surface area contributed by atoms with Crippen LogP contribution in [0.4, 0.5) is 0 Å². The highest BCUT2D eigenvalue weighted by Gasteiger charge is 2.40. The van der Waals surface area contributed by atoms with E-state index in [4.69, 9.17) is 0 Å². The second-order valence-corrected chi connectivity index (χ2v) is 5.02. The molecule has 1 aliphatic carbocycles. The molecule has 1 aromatic carbocycles. The minimum atomic E-state index is 0. The van der Waals surface area contributed by atoms with Gasteiger partial charge in [-0.15, -0.1) is 12.4 Å². The van der Waals surface area contributed by atoms with Crippen LogP contribution < -0.4 is 10.6 Å². The van der Waals surface area contributed by atoms with Gasteiger partial charge in [-0.2, -0.15) is 0 Å². The van der Waals surface area contributed by atoms with Gasteiger partial charge in [-0.3, -0.25) is 4.79 Å². The number of hydrogen-bond donors (Lipinski definition) is 2. The molecular formula is C14H19ClN2O. The van der Waals surface area contributed by atoms with E-state index in [-0.39, 0.29) is 24.4 Å². The molecule has 1 aliphatic heterocycles. The number of amides is 1. The molecule has 1 heterocycles. The molecule has 1 saturated heterocycles. The first-order valence-electron chi connectivity index (χ1n) is 6.43. The maximum Gasteiger partial charge on any atom is 0.237 e. The summed E-state index contributed by atoms with van der Waals surface area (Å²) in [6.07, 6.45) is 3.18. The lowest BCUT2D eigenvalue weighted by Gasteiger charge is -2.10. The van der Waals surface area contributed by atoms with Gasteiger partial charge in [0.05, 0.1) is 6.04 Å². The Bertz CT molecular complexity index is 404. The number of halogens is 1. The fourth-order valence-corrected chi connectivity index (χ4v) is 2.61. The van der Waals surface area contributed by atoms with Crippen molar-refractivity contribution in [3.63, 3.8) is 0 Å². The zero-order chi connectivity index (χ0) is 11.7. The first-order valence-corrected chi connectivity index (χ1v) is 6.43. The third-order valence-electron chi connectivity index (χ3n) is 3.72. The van der Waals surface area contributed by atoms with Crippen molar-refractivity contribution in [2.75, 3.05) is 6.54 Å².